The number of rotatable bonds is 4. The summed E-state index contributed by atoms with van der Waals surface area (Å²) in [5, 5.41) is 1.11. The Balaban J connectivity index is 1.29. The second-order valence-corrected chi connectivity index (χ2v) is 10.0. The maximum Gasteiger partial charge on any atom is 0.281 e. The summed E-state index contributed by atoms with van der Waals surface area (Å²) < 4.78 is 28.8. The van der Waals surface area contributed by atoms with Gasteiger partial charge < -0.3 is 0 Å². The van der Waals surface area contributed by atoms with E-state index in [2.05, 4.69) is 23.2 Å². The molecule has 1 aliphatic carbocycles. The average Bonchev–Trinajstić information content (AvgIpc) is 3.40. The molecule has 3 fully saturated rings. The molecule has 0 radical (unpaired) electrons. The fourth-order valence-corrected chi connectivity index (χ4v) is 6.09. The van der Waals surface area contributed by atoms with Gasteiger partial charge in [-0.2, -0.15) is 17.0 Å². The van der Waals surface area contributed by atoms with Gasteiger partial charge in [0, 0.05) is 49.4 Å². The van der Waals surface area contributed by atoms with Crippen molar-refractivity contribution in [2.24, 2.45) is 0 Å². The number of nitrogens with zero attached hydrogens (tertiary/aromatic N) is 4. The lowest BCUT2D eigenvalue weighted by Crippen LogP contribution is -2.45. The zero-order valence-electron chi connectivity index (χ0n) is 15.5. The van der Waals surface area contributed by atoms with E-state index in [1.807, 2.05) is 6.20 Å². The molecule has 2 aliphatic heterocycles. The van der Waals surface area contributed by atoms with Gasteiger partial charge in [0.25, 0.3) is 10.2 Å². The Bertz CT molecular complexity index is 944. The van der Waals surface area contributed by atoms with Crippen molar-refractivity contribution in [3.63, 3.8) is 0 Å². The van der Waals surface area contributed by atoms with Gasteiger partial charge in [-0.05, 0) is 68.2 Å². The molecule has 0 atom stereocenters. The smallest absolute Gasteiger partial charge is 0.236 e. The predicted molar refractivity (Wildman–Crippen MR) is 105 cm³/mol. The highest BCUT2D eigenvalue weighted by molar-refractivity contribution is 7.86. The van der Waals surface area contributed by atoms with E-state index in [1.54, 1.807) is 8.61 Å². The van der Waals surface area contributed by atoms with Gasteiger partial charge >= 0.3 is 0 Å². The molecule has 4 heterocycles. The second kappa shape index (κ2) is 6.79. The molecule has 7 heteroatoms. The summed E-state index contributed by atoms with van der Waals surface area (Å²) in [6, 6.07) is 6.46. The zero-order chi connectivity index (χ0) is 18.4. The van der Waals surface area contributed by atoms with Crippen molar-refractivity contribution in [3.8, 4) is 0 Å². The molecule has 2 saturated heterocycles. The average molecular weight is 387 g/mol. The standard InChI is InChI=1S/C20H26N4O2S/c25-27(26,23-9-1-2-10-23)24-11-7-16(8-12-24)19-6-5-17-13-18(15-3-4-15)14-21-20(17)22-19/h5-6,13-16H,1-4,7-12H2. The van der Waals surface area contributed by atoms with Crippen LogP contribution in [-0.2, 0) is 10.2 Å². The molecular weight excluding hydrogens is 360 g/mol. The first-order valence-corrected chi connectivity index (χ1v) is 11.5. The lowest BCUT2D eigenvalue weighted by Gasteiger charge is -2.33. The third kappa shape index (κ3) is 3.37. The van der Waals surface area contributed by atoms with Crippen molar-refractivity contribution in [1.82, 2.24) is 18.6 Å². The first-order valence-electron chi connectivity index (χ1n) is 10.1. The molecule has 0 bridgehead atoms. The van der Waals surface area contributed by atoms with Gasteiger partial charge in [0.2, 0.25) is 0 Å². The molecule has 0 N–H and O–H groups in total. The Morgan fingerprint density at radius 2 is 1.59 bits per heavy atom. The van der Waals surface area contributed by atoms with E-state index in [-0.39, 0.29) is 0 Å². The summed E-state index contributed by atoms with van der Waals surface area (Å²) in [6.07, 6.45) is 8.13. The van der Waals surface area contributed by atoms with Gasteiger partial charge in [0.15, 0.2) is 5.65 Å². The highest BCUT2D eigenvalue weighted by Gasteiger charge is 2.34. The van der Waals surface area contributed by atoms with Crippen LogP contribution in [0.4, 0.5) is 0 Å². The third-order valence-corrected chi connectivity index (χ3v) is 8.26. The van der Waals surface area contributed by atoms with Crippen LogP contribution in [0.5, 0.6) is 0 Å². The molecule has 144 valence electrons. The van der Waals surface area contributed by atoms with Crippen LogP contribution in [0.15, 0.2) is 24.4 Å². The molecule has 0 spiro atoms. The minimum absolute atomic E-state index is 0.310. The summed E-state index contributed by atoms with van der Waals surface area (Å²) in [5.74, 6) is 1.01. The van der Waals surface area contributed by atoms with Crippen molar-refractivity contribution in [3.05, 3.63) is 35.7 Å². The Morgan fingerprint density at radius 3 is 2.30 bits per heavy atom. The van der Waals surface area contributed by atoms with Crippen LogP contribution in [0.25, 0.3) is 11.0 Å². The fourth-order valence-electron chi connectivity index (χ4n) is 4.37. The van der Waals surface area contributed by atoms with Crippen LogP contribution in [0.2, 0.25) is 0 Å². The Kier molecular flexibility index (Phi) is 4.41. The number of aromatic nitrogens is 2. The lowest BCUT2D eigenvalue weighted by atomic mass is 9.94. The summed E-state index contributed by atoms with van der Waals surface area (Å²) in [6.45, 7) is 2.50. The SMILES string of the molecule is O=S(=O)(N1CCCC1)N1CCC(c2ccc3cc(C4CC4)cnc3n2)CC1. The van der Waals surface area contributed by atoms with Crippen molar-refractivity contribution in [1.29, 1.82) is 0 Å². The van der Waals surface area contributed by atoms with Crippen molar-refractivity contribution in [2.75, 3.05) is 26.2 Å². The maximum absolute atomic E-state index is 12.7. The van der Waals surface area contributed by atoms with Gasteiger partial charge in [-0.1, -0.05) is 0 Å². The largest absolute Gasteiger partial charge is 0.281 e. The molecule has 0 aromatic carbocycles. The van der Waals surface area contributed by atoms with E-state index in [0.29, 0.717) is 38.0 Å². The Morgan fingerprint density at radius 1 is 0.889 bits per heavy atom. The maximum atomic E-state index is 12.7. The van der Waals surface area contributed by atoms with Crippen molar-refractivity contribution in [2.45, 2.75) is 50.4 Å². The molecule has 2 aromatic heterocycles. The quantitative estimate of drug-likeness (QED) is 0.810. The van der Waals surface area contributed by atoms with E-state index in [1.165, 1.54) is 18.4 Å². The normalized spacial score (nSPS) is 23.3. The van der Waals surface area contributed by atoms with Crippen LogP contribution >= 0.6 is 0 Å². The Labute approximate surface area is 160 Å². The van der Waals surface area contributed by atoms with Gasteiger partial charge in [0.05, 0.1) is 0 Å². The van der Waals surface area contributed by atoms with Gasteiger partial charge in [0.1, 0.15) is 0 Å². The van der Waals surface area contributed by atoms with Gasteiger partial charge in [-0.15, -0.1) is 0 Å². The molecule has 5 rings (SSSR count). The van der Waals surface area contributed by atoms with E-state index in [4.69, 9.17) is 4.98 Å². The van der Waals surface area contributed by atoms with Gasteiger partial charge in [-0.3, -0.25) is 0 Å². The molecule has 3 aliphatic rings. The minimum atomic E-state index is -3.28. The highest BCUT2D eigenvalue weighted by atomic mass is 32.2. The van der Waals surface area contributed by atoms with Crippen molar-refractivity contribution < 1.29 is 8.42 Å². The Hall–Kier alpha value is -1.57. The third-order valence-electron chi connectivity index (χ3n) is 6.22. The first-order chi connectivity index (χ1) is 13.1. The number of piperidine rings is 1. The topological polar surface area (TPSA) is 66.4 Å². The lowest BCUT2D eigenvalue weighted by molar-refractivity contribution is 0.294. The first kappa shape index (κ1) is 17.5. The molecular formula is C20H26N4O2S. The van der Waals surface area contributed by atoms with Crippen LogP contribution < -0.4 is 0 Å². The molecule has 27 heavy (non-hydrogen) atoms. The fraction of sp³-hybridized carbons (Fsp3) is 0.600. The number of hydrogen-bond acceptors (Lipinski definition) is 4. The monoisotopic (exact) mass is 386 g/mol. The molecule has 0 amide bonds. The van der Waals surface area contributed by atoms with Crippen LogP contribution in [0.1, 0.15) is 61.6 Å². The number of fused-ring (bicyclic) bond motifs is 1. The highest BCUT2D eigenvalue weighted by Crippen LogP contribution is 2.40. The number of pyridine rings is 2. The number of hydrogen-bond donors (Lipinski definition) is 0. The van der Waals surface area contributed by atoms with Gasteiger partial charge in [-0.25, -0.2) is 9.97 Å². The second-order valence-electron chi connectivity index (χ2n) is 8.11. The van der Waals surface area contributed by atoms with E-state index < -0.39 is 10.2 Å². The molecule has 1 saturated carbocycles. The molecule has 2 aromatic rings. The summed E-state index contributed by atoms with van der Waals surface area (Å²) in [7, 11) is -3.28. The van der Waals surface area contributed by atoms with Crippen LogP contribution in [0.3, 0.4) is 0 Å². The van der Waals surface area contributed by atoms with E-state index >= 15 is 0 Å². The molecule has 6 nitrogen and oxygen atoms in total. The zero-order valence-corrected chi connectivity index (χ0v) is 16.4. The van der Waals surface area contributed by atoms with Crippen molar-refractivity contribution >= 4 is 21.2 Å². The summed E-state index contributed by atoms with van der Waals surface area (Å²) in [4.78, 5) is 9.38. The summed E-state index contributed by atoms with van der Waals surface area (Å²) in [5.41, 5.74) is 3.19. The molecule has 0 unspecified atom stereocenters. The predicted octanol–water partition coefficient (Wildman–Crippen LogP) is 3.03. The van der Waals surface area contributed by atoms with E-state index in [9.17, 15) is 8.42 Å². The van der Waals surface area contributed by atoms with Crippen LogP contribution in [0, 0.1) is 0 Å². The van der Waals surface area contributed by atoms with Crippen LogP contribution in [-0.4, -0.2) is 53.2 Å². The summed E-state index contributed by atoms with van der Waals surface area (Å²) >= 11 is 0. The van der Waals surface area contributed by atoms with E-state index in [0.717, 1.165) is 42.4 Å². The minimum Gasteiger partial charge on any atom is -0.236 e.